The van der Waals surface area contributed by atoms with E-state index < -0.39 is 17.6 Å². The molecule has 2 aromatic carbocycles. The lowest BCUT2D eigenvalue weighted by Crippen LogP contribution is -2.40. The molecule has 10 heteroatoms. The zero-order valence-corrected chi connectivity index (χ0v) is 19.9. The number of ether oxygens (including phenoxy) is 2. The number of para-hydroxylation sites is 1. The Balaban J connectivity index is 1.83. The van der Waals surface area contributed by atoms with E-state index >= 15 is 0 Å². The number of esters is 1. The maximum Gasteiger partial charge on any atom is 0.338 e. The number of methoxy groups -OCH3 is 1. The quantitative estimate of drug-likeness (QED) is 0.538. The molecule has 0 fully saturated rings. The van der Waals surface area contributed by atoms with Gasteiger partial charge in [0.15, 0.2) is 16.3 Å². The summed E-state index contributed by atoms with van der Waals surface area (Å²) in [7, 11) is 1.41. The van der Waals surface area contributed by atoms with E-state index in [9.17, 15) is 19.5 Å². The number of allylic oxidation sites excluding steroid dienone is 1. The smallest absolute Gasteiger partial charge is 0.338 e. The number of thiazole rings is 1. The fourth-order valence-electron chi connectivity index (χ4n) is 4.36. The summed E-state index contributed by atoms with van der Waals surface area (Å²) in [6.07, 6.45) is 0. The van der Waals surface area contributed by atoms with Crippen LogP contribution in [0, 0.1) is 0 Å². The number of hydrogen-bond donors (Lipinski definition) is 2. The number of fused-ring (bicyclic) bond motifs is 2. The number of nitrogens with zero attached hydrogens (tertiary/aromatic N) is 2. The Bertz CT molecular complexity index is 1610. The van der Waals surface area contributed by atoms with Gasteiger partial charge in [-0.05, 0) is 37.6 Å². The van der Waals surface area contributed by atoms with Gasteiger partial charge in [0.05, 0.1) is 36.6 Å². The fourth-order valence-corrected chi connectivity index (χ4v) is 5.51. The molecule has 3 heterocycles. The molecule has 0 saturated heterocycles. The van der Waals surface area contributed by atoms with Crippen molar-refractivity contribution >= 4 is 34.5 Å². The van der Waals surface area contributed by atoms with Crippen LogP contribution in [0.5, 0.6) is 11.5 Å². The van der Waals surface area contributed by atoms with Crippen molar-refractivity contribution in [1.29, 1.82) is 0 Å². The van der Waals surface area contributed by atoms with Crippen molar-refractivity contribution in [1.82, 2.24) is 4.57 Å². The number of carbonyl (C=O) groups excluding carboxylic acids is 2. The molecule has 35 heavy (non-hydrogen) atoms. The Kier molecular flexibility index (Phi) is 5.52. The Morgan fingerprint density at radius 3 is 2.74 bits per heavy atom. The Morgan fingerprint density at radius 2 is 2.00 bits per heavy atom. The van der Waals surface area contributed by atoms with E-state index in [4.69, 9.17) is 9.47 Å². The lowest BCUT2D eigenvalue weighted by atomic mass is 9.95. The Hall–Kier alpha value is -4.18. The molecule has 1 amide bonds. The highest BCUT2D eigenvalue weighted by atomic mass is 32.1. The second-order valence-corrected chi connectivity index (χ2v) is 8.91. The first-order valence-corrected chi connectivity index (χ1v) is 11.7. The summed E-state index contributed by atoms with van der Waals surface area (Å²) < 4.78 is 12.2. The molecule has 0 radical (unpaired) electrons. The minimum Gasteiger partial charge on any atom is -0.504 e. The van der Waals surface area contributed by atoms with Gasteiger partial charge in [-0.3, -0.25) is 14.2 Å². The van der Waals surface area contributed by atoms with Gasteiger partial charge < -0.3 is 19.9 Å². The summed E-state index contributed by atoms with van der Waals surface area (Å²) >= 11 is 1.09. The number of phenolic OH excluding ortho intramolecular Hbond substituents is 1. The summed E-state index contributed by atoms with van der Waals surface area (Å²) in [6.45, 7) is 3.52. The molecule has 2 N–H and O–H groups in total. The SMILES string of the molecule is CCOC(=O)C1=C(C)N=c2s/c(=C3/C(=O)Nc4ccccc43)c(=O)n2[C@@H]1c1ccc(O)c(OC)c1. The van der Waals surface area contributed by atoms with E-state index in [1.54, 1.807) is 50.2 Å². The van der Waals surface area contributed by atoms with Crippen LogP contribution in [-0.2, 0) is 14.3 Å². The average Bonchev–Trinajstić information content (AvgIpc) is 3.33. The van der Waals surface area contributed by atoms with E-state index in [0.717, 1.165) is 11.3 Å². The number of carbonyl (C=O) groups is 2. The van der Waals surface area contributed by atoms with E-state index in [1.165, 1.54) is 17.7 Å². The van der Waals surface area contributed by atoms with Gasteiger partial charge >= 0.3 is 5.97 Å². The maximum atomic E-state index is 13.9. The van der Waals surface area contributed by atoms with E-state index in [-0.39, 0.29) is 39.7 Å². The van der Waals surface area contributed by atoms with E-state index in [0.29, 0.717) is 27.3 Å². The van der Waals surface area contributed by atoms with Crippen LogP contribution >= 0.6 is 11.3 Å². The molecule has 0 unspecified atom stereocenters. The summed E-state index contributed by atoms with van der Waals surface area (Å²) in [5.41, 5.74) is 2.18. The second-order valence-electron chi connectivity index (χ2n) is 7.93. The molecule has 1 atom stereocenters. The molecule has 3 aromatic rings. The number of rotatable bonds is 4. The first kappa shape index (κ1) is 22.6. The first-order valence-electron chi connectivity index (χ1n) is 10.9. The number of nitrogens with one attached hydrogen (secondary N) is 1. The minimum absolute atomic E-state index is 0.0801. The molecule has 178 valence electrons. The molecule has 0 spiro atoms. The highest BCUT2D eigenvalue weighted by molar-refractivity contribution is 7.07. The summed E-state index contributed by atoms with van der Waals surface area (Å²) in [6, 6.07) is 10.9. The lowest BCUT2D eigenvalue weighted by molar-refractivity contribution is -0.139. The molecule has 5 rings (SSSR count). The molecule has 2 aliphatic rings. The normalized spacial score (nSPS) is 17.9. The molecule has 9 nitrogen and oxygen atoms in total. The van der Waals surface area contributed by atoms with Gasteiger partial charge in [-0.15, -0.1) is 0 Å². The predicted molar refractivity (Wildman–Crippen MR) is 129 cm³/mol. The first-order chi connectivity index (χ1) is 16.8. The van der Waals surface area contributed by atoms with Crippen molar-refractivity contribution in [3.05, 3.63) is 84.5 Å². The average molecular weight is 492 g/mol. The molecule has 0 bridgehead atoms. The number of aromatic hydroxyl groups is 1. The minimum atomic E-state index is -0.895. The molecular weight excluding hydrogens is 470 g/mol. The summed E-state index contributed by atoms with van der Waals surface area (Å²) in [4.78, 5) is 44.6. The number of hydrogen-bond acceptors (Lipinski definition) is 8. The lowest BCUT2D eigenvalue weighted by Gasteiger charge is -2.25. The topological polar surface area (TPSA) is 119 Å². The van der Waals surface area contributed by atoms with Crippen molar-refractivity contribution in [3.63, 3.8) is 0 Å². The standard InChI is InChI=1S/C25H21N3O6S/c1-4-34-24(32)18-12(2)26-25-28(20(18)13-9-10-16(29)17(11-13)33-3)23(31)21(35-25)19-14-7-5-6-8-15(14)27-22(19)30/h5-11,20,29H,4H2,1-3H3,(H,27,30)/b21-19+/t20-/m1/s1. The van der Waals surface area contributed by atoms with Crippen LogP contribution in [0.4, 0.5) is 5.69 Å². The second kappa shape index (κ2) is 8.55. The number of aromatic nitrogens is 1. The number of benzene rings is 2. The third-order valence-electron chi connectivity index (χ3n) is 5.91. The maximum absolute atomic E-state index is 13.9. The van der Waals surface area contributed by atoms with Gasteiger partial charge in [-0.25, -0.2) is 9.79 Å². The Morgan fingerprint density at radius 1 is 1.23 bits per heavy atom. The summed E-state index contributed by atoms with van der Waals surface area (Å²) in [5.74, 6) is -0.869. The molecule has 1 aromatic heterocycles. The van der Waals surface area contributed by atoms with Crippen LogP contribution in [0.25, 0.3) is 5.57 Å². The van der Waals surface area contributed by atoms with Crippen LogP contribution < -0.4 is 24.9 Å². The highest BCUT2D eigenvalue weighted by Gasteiger charge is 2.35. The van der Waals surface area contributed by atoms with Crippen LogP contribution in [0.1, 0.15) is 31.0 Å². The highest BCUT2D eigenvalue weighted by Crippen LogP contribution is 2.36. The Labute approximate surface area is 203 Å². The van der Waals surface area contributed by atoms with Crippen molar-refractivity contribution in [2.45, 2.75) is 19.9 Å². The van der Waals surface area contributed by atoms with Crippen molar-refractivity contribution < 1.29 is 24.2 Å². The van der Waals surface area contributed by atoms with Crippen LogP contribution in [0.2, 0.25) is 0 Å². The third kappa shape index (κ3) is 3.53. The van der Waals surface area contributed by atoms with Gasteiger partial charge in [-0.2, -0.15) is 0 Å². The number of amides is 1. The molecular formula is C25H21N3O6S. The van der Waals surface area contributed by atoms with Gasteiger partial charge in [0.2, 0.25) is 0 Å². The summed E-state index contributed by atoms with van der Waals surface area (Å²) in [5, 5.41) is 12.9. The molecule has 0 aliphatic carbocycles. The van der Waals surface area contributed by atoms with Gasteiger partial charge in [0.1, 0.15) is 4.53 Å². The third-order valence-corrected chi connectivity index (χ3v) is 6.96. The van der Waals surface area contributed by atoms with Gasteiger partial charge in [0.25, 0.3) is 11.5 Å². The van der Waals surface area contributed by atoms with Crippen molar-refractivity contribution in [3.8, 4) is 11.5 Å². The fraction of sp³-hybridized carbons (Fsp3) is 0.200. The van der Waals surface area contributed by atoms with Gasteiger partial charge in [0, 0.05) is 11.3 Å². The monoisotopic (exact) mass is 491 g/mol. The van der Waals surface area contributed by atoms with Crippen LogP contribution in [0.15, 0.2) is 63.5 Å². The van der Waals surface area contributed by atoms with Crippen LogP contribution in [-0.4, -0.2) is 35.3 Å². The molecule has 0 saturated carbocycles. The predicted octanol–water partition coefficient (Wildman–Crippen LogP) is 1.83. The largest absolute Gasteiger partial charge is 0.504 e. The zero-order valence-electron chi connectivity index (χ0n) is 19.1. The number of phenols is 1. The van der Waals surface area contributed by atoms with Crippen molar-refractivity contribution in [2.24, 2.45) is 4.99 Å². The van der Waals surface area contributed by atoms with Gasteiger partial charge in [-0.1, -0.05) is 35.6 Å². The van der Waals surface area contributed by atoms with E-state index in [1.807, 2.05) is 0 Å². The van der Waals surface area contributed by atoms with Crippen molar-refractivity contribution in [2.75, 3.05) is 19.0 Å². The zero-order chi connectivity index (χ0) is 24.9. The van der Waals surface area contributed by atoms with E-state index in [2.05, 4.69) is 10.3 Å². The number of anilines is 1. The van der Waals surface area contributed by atoms with Crippen LogP contribution in [0.3, 0.4) is 0 Å². The molecule has 2 aliphatic heterocycles.